The Morgan fingerprint density at radius 3 is 2.68 bits per heavy atom. The SMILES string of the molecule is CC(Sc1nnc(-c2ccccn2)n1N)C(=O)Nc1cccc(C(F)(F)F)c1. The molecule has 0 aliphatic heterocycles. The molecule has 0 fully saturated rings. The molecule has 0 radical (unpaired) electrons. The third-order valence-electron chi connectivity index (χ3n) is 3.67. The highest BCUT2D eigenvalue weighted by Crippen LogP contribution is 2.31. The molecule has 3 rings (SSSR count). The molecule has 1 unspecified atom stereocenters. The summed E-state index contributed by atoms with van der Waals surface area (Å²) in [6.45, 7) is 1.59. The number of alkyl halides is 3. The fraction of sp³-hybridized carbons (Fsp3) is 0.176. The lowest BCUT2D eigenvalue weighted by Gasteiger charge is -2.13. The molecule has 0 bridgehead atoms. The molecule has 2 heterocycles. The van der Waals surface area contributed by atoms with Crippen LogP contribution in [-0.4, -0.2) is 31.0 Å². The van der Waals surface area contributed by atoms with Crippen molar-refractivity contribution in [2.45, 2.75) is 23.5 Å². The van der Waals surface area contributed by atoms with Crippen LogP contribution < -0.4 is 11.2 Å². The quantitative estimate of drug-likeness (QED) is 0.497. The lowest BCUT2D eigenvalue weighted by atomic mass is 10.2. The number of aromatic nitrogens is 4. The minimum atomic E-state index is -4.49. The summed E-state index contributed by atoms with van der Waals surface area (Å²) in [5.74, 6) is 5.81. The number of nitrogens with one attached hydrogen (secondary N) is 1. The average Bonchev–Trinajstić information content (AvgIpc) is 3.02. The number of thioether (sulfide) groups is 1. The molecule has 3 N–H and O–H groups in total. The number of carbonyl (C=O) groups is 1. The van der Waals surface area contributed by atoms with Gasteiger partial charge in [-0.3, -0.25) is 9.78 Å². The number of hydrogen-bond acceptors (Lipinski definition) is 6. The first kappa shape index (κ1) is 19.7. The topological polar surface area (TPSA) is 98.7 Å². The van der Waals surface area contributed by atoms with E-state index in [9.17, 15) is 18.0 Å². The van der Waals surface area contributed by atoms with Gasteiger partial charge >= 0.3 is 6.18 Å². The van der Waals surface area contributed by atoms with Crippen molar-refractivity contribution < 1.29 is 18.0 Å². The van der Waals surface area contributed by atoms with E-state index in [2.05, 4.69) is 20.5 Å². The number of pyridine rings is 1. The Balaban J connectivity index is 1.69. The molecule has 2 aromatic heterocycles. The number of rotatable bonds is 5. The first-order valence-electron chi connectivity index (χ1n) is 8.02. The van der Waals surface area contributed by atoms with E-state index in [1.54, 1.807) is 31.3 Å². The van der Waals surface area contributed by atoms with Crippen LogP contribution >= 0.6 is 11.8 Å². The van der Waals surface area contributed by atoms with Gasteiger partial charge in [-0.15, -0.1) is 10.2 Å². The normalized spacial score (nSPS) is 12.6. The highest BCUT2D eigenvalue weighted by molar-refractivity contribution is 8.00. The molecule has 0 aliphatic rings. The smallest absolute Gasteiger partial charge is 0.335 e. The average molecular weight is 408 g/mol. The van der Waals surface area contributed by atoms with E-state index >= 15 is 0 Å². The molecule has 0 saturated carbocycles. The maximum Gasteiger partial charge on any atom is 0.416 e. The van der Waals surface area contributed by atoms with Gasteiger partial charge in [0.15, 0.2) is 0 Å². The van der Waals surface area contributed by atoms with Crippen LogP contribution in [-0.2, 0) is 11.0 Å². The lowest BCUT2D eigenvalue weighted by molar-refractivity contribution is -0.137. The van der Waals surface area contributed by atoms with E-state index in [1.165, 1.54) is 16.8 Å². The van der Waals surface area contributed by atoms with Crippen LogP contribution in [0, 0.1) is 0 Å². The van der Waals surface area contributed by atoms with Crippen LogP contribution in [0.15, 0.2) is 53.8 Å². The fourth-order valence-electron chi connectivity index (χ4n) is 2.26. The fourth-order valence-corrected chi connectivity index (χ4v) is 3.03. The molecule has 7 nitrogen and oxygen atoms in total. The Morgan fingerprint density at radius 2 is 2.00 bits per heavy atom. The number of anilines is 1. The minimum absolute atomic E-state index is 0.0515. The Bertz CT molecular complexity index is 977. The van der Waals surface area contributed by atoms with E-state index < -0.39 is 22.9 Å². The van der Waals surface area contributed by atoms with Gasteiger partial charge in [0.25, 0.3) is 0 Å². The van der Waals surface area contributed by atoms with Crippen molar-refractivity contribution in [2.75, 3.05) is 11.2 Å². The number of carbonyl (C=O) groups excluding carboxylic acids is 1. The summed E-state index contributed by atoms with van der Waals surface area (Å²) >= 11 is 1.03. The second kappa shape index (κ2) is 7.89. The highest BCUT2D eigenvalue weighted by atomic mass is 32.2. The van der Waals surface area contributed by atoms with Crippen molar-refractivity contribution in [1.82, 2.24) is 19.9 Å². The van der Waals surface area contributed by atoms with Crippen LogP contribution in [0.5, 0.6) is 0 Å². The van der Waals surface area contributed by atoms with Gasteiger partial charge in [-0.05, 0) is 37.3 Å². The van der Waals surface area contributed by atoms with Crippen molar-refractivity contribution in [3.8, 4) is 11.5 Å². The summed E-state index contributed by atoms with van der Waals surface area (Å²) in [5.41, 5.74) is -0.270. The molecule has 1 amide bonds. The largest absolute Gasteiger partial charge is 0.416 e. The second-order valence-corrected chi connectivity index (χ2v) is 7.03. The Labute approximate surface area is 162 Å². The minimum Gasteiger partial charge on any atom is -0.335 e. The first-order valence-corrected chi connectivity index (χ1v) is 8.90. The number of halogens is 3. The van der Waals surface area contributed by atoms with Gasteiger partial charge in [0.05, 0.1) is 10.8 Å². The number of hydrogen-bond donors (Lipinski definition) is 2. The zero-order chi connectivity index (χ0) is 20.3. The molecule has 146 valence electrons. The molecule has 0 saturated heterocycles. The van der Waals surface area contributed by atoms with Crippen LogP contribution in [0.3, 0.4) is 0 Å². The van der Waals surface area contributed by atoms with Gasteiger partial charge in [0.1, 0.15) is 5.69 Å². The number of benzene rings is 1. The summed E-state index contributed by atoms with van der Waals surface area (Å²) in [4.78, 5) is 16.5. The zero-order valence-electron chi connectivity index (χ0n) is 14.5. The Hall–Kier alpha value is -3.08. The van der Waals surface area contributed by atoms with Crippen LogP contribution in [0.2, 0.25) is 0 Å². The zero-order valence-corrected chi connectivity index (χ0v) is 15.3. The number of amides is 1. The molecule has 3 aromatic rings. The van der Waals surface area contributed by atoms with Crippen LogP contribution in [0.1, 0.15) is 12.5 Å². The predicted molar refractivity (Wildman–Crippen MR) is 98.8 cm³/mol. The van der Waals surface area contributed by atoms with Crippen molar-refractivity contribution in [1.29, 1.82) is 0 Å². The lowest BCUT2D eigenvalue weighted by Crippen LogP contribution is -2.24. The molecule has 1 aromatic carbocycles. The molecular formula is C17H15F3N6OS. The summed E-state index contributed by atoms with van der Waals surface area (Å²) in [6.07, 6.45) is -2.90. The van der Waals surface area contributed by atoms with E-state index in [1.807, 2.05) is 0 Å². The maximum absolute atomic E-state index is 12.8. The van der Waals surface area contributed by atoms with E-state index in [-0.39, 0.29) is 10.8 Å². The van der Waals surface area contributed by atoms with Gasteiger partial charge in [-0.1, -0.05) is 23.9 Å². The van der Waals surface area contributed by atoms with Gasteiger partial charge in [0, 0.05) is 11.9 Å². The van der Waals surface area contributed by atoms with Gasteiger partial charge in [-0.25, -0.2) is 4.68 Å². The van der Waals surface area contributed by atoms with Gasteiger partial charge < -0.3 is 11.2 Å². The number of nitrogen functional groups attached to an aromatic ring is 1. The summed E-state index contributed by atoms with van der Waals surface area (Å²) in [7, 11) is 0. The van der Waals surface area contributed by atoms with E-state index in [4.69, 9.17) is 5.84 Å². The van der Waals surface area contributed by atoms with Gasteiger partial charge in [-0.2, -0.15) is 13.2 Å². The Morgan fingerprint density at radius 1 is 1.21 bits per heavy atom. The Kier molecular flexibility index (Phi) is 5.54. The third kappa shape index (κ3) is 4.42. The molecule has 11 heteroatoms. The van der Waals surface area contributed by atoms with Crippen molar-refractivity contribution in [3.63, 3.8) is 0 Å². The molecule has 0 aliphatic carbocycles. The molecule has 1 atom stereocenters. The van der Waals surface area contributed by atoms with E-state index in [0.29, 0.717) is 11.5 Å². The summed E-state index contributed by atoms with van der Waals surface area (Å²) < 4.78 is 39.6. The predicted octanol–water partition coefficient (Wildman–Crippen LogP) is 3.19. The van der Waals surface area contributed by atoms with E-state index in [0.717, 1.165) is 23.9 Å². The maximum atomic E-state index is 12.8. The molecule has 0 spiro atoms. The monoisotopic (exact) mass is 408 g/mol. The van der Waals surface area contributed by atoms with Gasteiger partial charge in [0.2, 0.25) is 16.9 Å². The van der Waals surface area contributed by atoms with Crippen molar-refractivity contribution in [3.05, 3.63) is 54.2 Å². The highest BCUT2D eigenvalue weighted by Gasteiger charge is 2.30. The molecular weight excluding hydrogens is 393 g/mol. The number of nitrogens with two attached hydrogens (primary N) is 1. The second-order valence-electron chi connectivity index (χ2n) is 5.72. The third-order valence-corrected chi connectivity index (χ3v) is 4.72. The van der Waals surface area contributed by atoms with Crippen LogP contribution in [0.4, 0.5) is 18.9 Å². The summed E-state index contributed by atoms with van der Waals surface area (Å²) in [6, 6.07) is 9.65. The first-order chi connectivity index (χ1) is 13.3. The van der Waals surface area contributed by atoms with Crippen LogP contribution in [0.25, 0.3) is 11.5 Å². The van der Waals surface area contributed by atoms with Crippen molar-refractivity contribution >= 4 is 23.4 Å². The molecule has 28 heavy (non-hydrogen) atoms. The van der Waals surface area contributed by atoms with Crippen molar-refractivity contribution in [2.24, 2.45) is 0 Å². The summed E-state index contributed by atoms with van der Waals surface area (Å²) in [5, 5.41) is 9.97. The number of nitrogens with zero attached hydrogens (tertiary/aromatic N) is 4. The standard InChI is InChI=1S/C17H15F3N6OS/c1-10(15(27)23-12-6-4-5-11(9-12)17(18,19)20)28-16-25-24-14(26(16)21)13-7-2-3-8-22-13/h2-10H,21H2,1H3,(H,23,27).